The number of rotatable bonds is 5. The van der Waals surface area contributed by atoms with E-state index in [1.54, 1.807) is 42.5 Å². The average molecular weight is 489 g/mol. The lowest BCUT2D eigenvalue weighted by Gasteiger charge is -2.25. The minimum Gasteiger partial charge on any atom is -0.485 e. The average Bonchev–Trinajstić information content (AvgIpc) is 2.75. The molecule has 4 rings (SSSR count). The third-order valence-electron chi connectivity index (χ3n) is 4.33. The van der Waals surface area contributed by atoms with E-state index in [9.17, 15) is 13.2 Å². The second-order valence-corrected chi connectivity index (χ2v) is 9.09. The summed E-state index contributed by atoms with van der Waals surface area (Å²) >= 11 is 3.31. The van der Waals surface area contributed by atoms with Crippen LogP contribution < -0.4 is 19.5 Å². The van der Waals surface area contributed by atoms with Gasteiger partial charge in [-0.1, -0.05) is 28.1 Å². The van der Waals surface area contributed by atoms with Crippen LogP contribution in [-0.2, 0) is 14.8 Å². The molecule has 3 aromatic rings. The Balaban J connectivity index is 1.41. The molecule has 0 aromatic heterocycles. The summed E-state index contributed by atoms with van der Waals surface area (Å²) in [4.78, 5) is 12.6. The van der Waals surface area contributed by atoms with Crippen LogP contribution in [0.25, 0.3) is 0 Å². The van der Waals surface area contributed by atoms with E-state index in [1.165, 1.54) is 24.3 Å². The molecule has 3 aromatic carbocycles. The van der Waals surface area contributed by atoms with Crippen LogP contribution in [0.5, 0.6) is 11.5 Å². The third-order valence-corrected chi connectivity index (χ3v) is 6.26. The van der Waals surface area contributed by atoms with Crippen molar-refractivity contribution in [3.05, 3.63) is 77.3 Å². The predicted molar refractivity (Wildman–Crippen MR) is 116 cm³/mol. The summed E-state index contributed by atoms with van der Waals surface area (Å²) in [6.07, 6.45) is -0.803. The van der Waals surface area contributed by atoms with Crippen molar-refractivity contribution < 1.29 is 22.7 Å². The second kappa shape index (κ2) is 8.37. The molecule has 0 saturated carbocycles. The lowest BCUT2D eigenvalue weighted by Crippen LogP contribution is -2.40. The van der Waals surface area contributed by atoms with Gasteiger partial charge in [0.05, 0.1) is 4.90 Å². The molecule has 0 aliphatic carbocycles. The number of sulfonamides is 1. The third kappa shape index (κ3) is 4.58. The van der Waals surface area contributed by atoms with Gasteiger partial charge in [-0.05, 0) is 60.7 Å². The highest BCUT2D eigenvalue weighted by Gasteiger charge is 2.27. The van der Waals surface area contributed by atoms with E-state index in [2.05, 4.69) is 26.0 Å². The van der Waals surface area contributed by atoms with Crippen molar-refractivity contribution in [2.24, 2.45) is 0 Å². The zero-order valence-corrected chi connectivity index (χ0v) is 17.9. The summed E-state index contributed by atoms with van der Waals surface area (Å²) in [5.41, 5.74) is 0.898. The monoisotopic (exact) mass is 488 g/mol. The summed E-state index contributed by atoms with van der Waals surface area (Å²) in [5, 5.41) is 2.71. The zero-order chi connectivity index (χ0) is 21.1. The number of fused-ring (bicyclic) bond motifs is 1. The van der Waals surface area contributed by atoms with E-state index in [0.29, 0.717) is 22.9 Å². The molecule has 154 valence electrons. The quantitative estimate of drug-likeness (QED) is 0.565. The zero-order valence-electron chi connectivity index (χ0n) is 15.5. The molecule has 9 heteroatoms. The van der Waals surface area contributed by atoms with Crippen molar-refractivity contribution in [1.29, 1.82) is 0 Å². The molecule has 0 saturated heterocycles. The van der Waals surface area contributed by atoms with Gasteiger partial charge in [-0.2, -0.15) is 0 Å². The normalized spacial score (nSPS) is 15.3. The van der Waals surface area contributed by atoms with Gasteiger partial charge in [0.25, 0.3) is 15.9 Å². The first-order chi connectivity index (χ1) is 14.4. The van der Waals surface area contributed by atoms with Gasteiger partial charge in [0.2, 0.25) is 6.10 Å². The van der Waals surface area contributed by atoms with Crippen molar-refractivity contribution in [3.8, 4) is 11.5 Å². The maximum atomic E-state index is 12.5. The first-order valence-electron chi connectivity index (χ1n) is 8.98. The maximum Gasteiger partial charge on any atom is 0.269 e. The van der Waals surface area contributed by atoms with E-state index in [4.69, 9.17) is 9.47 Å². The molecule has 2 N–H and O–H groups in total. The molecule has 0 unspecified atom stereocenters. The molecule has 1 amide bonds. The van der Waals surface area contributed by atoms with E-state index in [-0.39, 0.29) is 17.4 Å². The fourth-order valence-corrected chi connectivity index (χ4v) is 4.14. The molecule has 0 radical (unpaired) electrons. The largest absolute Gasteiger partial charge is 0.485 e. The van der Waals surface area contributed by atoms with Gasteiger partial charge < -0.3 is 14.8 Å². The van der Waals surface area contributed by atoms with Crippen LogP contribution in [0.3, 0.4) is 0 Å². The number of amides is 1. The fraction of sp³-hybridized carbons (Fsp3) is 0.0952. The maximum absolute atomic E-state index is 12.5. The van der Waals surface area contributed by atoms with Crippen LogP contribution in [0.4, 0.5) is 11.4 Å². The van der Waals surface area contributed by atoms with Gasteiger partial charge in [-0.3, -0.25) is 9.52 Å². The summed E-state index contributed by atoms with van der Waals surface area (Å²) < 4.78 is 39.7. The number of hydrogen-bond acceptors (Lipinski definition) is 5. The standard InChI is InChI=1S/C21H17BrN2O5S/c22-14-5-7-16(8-6-14)24-30(26,27)17-11-9-15(10-12-17)23-21(25)20-13-28-18-3-1-2-4-19(18)29-20/h1-12,20,24H,13H2,(H,23,25)/t20-/m0/s1. The topological polar surface area (TPSA) is 93.7 Å². The van der Waals surface area contributed by atoms with Crippen LogP contribution in [0, 0.1) is 0 Å². The molecule has 1 atom stereocenters. The van der Waals surface area contributed by atoms with Crippen LogP contribution in [0.1, 0.15) is 0 Å². The highest BCUT2D eigenvalue weighted by atomic mass is 79.9. The number of carbonyl (C=O) groups excluding carboxylic acids is 1. The van der Waals surface area contributed by atoms with E-state index in [0.717, 1.165) is 4.47 Å². The molecule has 1 aliphatic heterocycles. The van der Waals surface area contributed by atoms with Crippen molar-refractivity contribution in [3.63, 3.8) is 0 Å². The van der Waals surface area contributed by atoms with Crippen LogP contribution >= 0.6 is 15.9 Å². The SMILES string of the molecule is O=C(Nc1ccc(S(=O)(=O)Nc2ccc(Br)cc2)cc1)[C@@H]1COc2ccccc2O1. The van der Waals surface area contributed by atoms with Gasteiger partial charge in [0, 0.05) is 15.8 Å². The Labute approximate surface area is 182 Å². The van der Waals surface area contributed by atoms with Crippen molar-refractivity contribution in [2.75, 3.05) is 16.6 Å². The van der Waals surface area contributed by atoms with Crippen molar-refractivity contribution in [2.45, 2.75) is 11.0 Å². The molecule has 1 aliphatic rings. The molecule has 1 heterocycles. The van der Waals surface area contributed by atoms with Gasteiger partial charge in [-0.25, -0.2) is 8.42 Å². The highest BCUT2D eigenvalue weighted by Crippen LogP contribution is 2.31. The number of para-hydroxylation sites is 2. The van der Waals surface area contributed by atoms with Crippen LogP contribution in [-0.4, -0.2) is 27.0 Å². The lowest BCUT2D eigenvalue weighted by atomic mass is 10.2. The number of hydrogen-bond donors (Lipinski definition) is 2. The number of halogens is 1. The summed E-state index contributed by atoms with van der Waals surface area (Å²) in [6.45, 7) is 0.0897. The molecule has 30 heavy (non-hydrogen) atoms. The summed E-state index contributed by atoms with van der Waals surface area (Å²) in [7, 11) is -3.75. The minimum atomic E-state index is -3.75. The number of benzene rings is 3. The first kappa shape index (κ1) is 20.2. The van der Waals surface area contributed by atoms with Crippen LogP contribution in [0.2, 0.25) is 0 Å². The number of ether oxygens (including phenoxy) is 2. The smallest absolute Gasteiger partial charge is 0.269 e. The Morgan fingerprint density at radius 1 is 0.900 bits per heavy atom. The minimum absolute atomic E-state index is 0.0783. The van der Waals surface area contributed by atoms with Gasteiger partial charge >= 0.3 is 0 Å². The Morgan fingerprint density at radius 3 is 2.23 bits per heavy atom. The van der Waals surface area contributed by atoms with E-state index in [1.807, 2.05) is 6.07 Å². The Bertz CT molecular complexity index is 1160. The van der Waals surface area contributed by atoms with Crippen LogP contribution in [0.15, 0.2) is 82.2 Å². The van der Waals surface area contributed by atoms with Gasteiger partial charge in [0.1, 0.15) is 6.61 Å². The molecule has 7 nitrogen and oxygen atoms in total. The highest BCUT2D eigenvalue weighted by molar-refractivity contribution is 9.10. The fourth-order valence-electron chi connectivity index (χ4n) is 2.82. The second-order valence-electron chi connectivity index (χ2n) is 6.49. The first-order valence-corrected chi connectivity index (χ1v) is 11.3. The number of nitrogens with one attached hydrogen (secondary N) is 2. The predicted octanol–water partition coefficient (Wildman–Crippen LogP) is 4.03. The number of anilines is 2. The van der Waals surface area contributed by atoms with Crippen molar-refractivity contribution in [1.82, 2.24) is 0 Å². The van der Waals surface area contributed by atoms with E-state index < -0.39 is 16.1 Å². The van der Waals surface area contributed by atoms with E-state index >= 15 is 0 Å². The Hall–Kier alpha value is -3.04. The van der Waals surface area contributed by atoms with Crippen molar-refractivity contribution >= 4 is 43.2 Å². The van der Waals surface area contributed by atoms with Gasteiger partial charge in [0.15, 0.2) is 11.5 Å². The molecule has 0 fully saturated rings. The molecular weight excluding hydrogens is 472 g/mol. The molecule has 0 bridgehead atoms. The number of carbonyl (C=O) groups is 1. The Kier molecular flexibility index (Phi) is 5.65. The summed E-state index contributed by atoms with van der Waals surface area (Å²) in [6, 6.07) is 19.8. The lowest BCUT2D eigenvalue weighted by molar-refractivity contribution is -0.125. The molecular formula is C21H17BrN2O5S. The summed E-state index contributed by atoms with van der Waals surface area (Å²) in [5.74, 6) is 0.715. The molecule has 0 spiro atoms. The van der Waals surface area contributed by atoms with Gasteiger partial charge in [-0.15, -0.1) is 0 Å². The Morgan fingerprint density at radius 2 is 1.53 bits per heavy atom.